The molecule has 1 amide bonds. The Bertz CT molecular complexity index is 809. The molecule has 122 valence electrons. The minimum Gasteiger partial charge on any atom is -0.497 e. The Labute approximate surface area is 131 Å². The van der Waals surface area contributed by atoms with Crippen molar-refractivity contribution in [3.63, 3.8) is 0 Å². The van der Waals surface area contributed by atoms with E-state index < -0.39 is 11.2 Å². The molecule has 0 spiro atoms. The summed E-state index contributed by atoms with van der Waals surface area (Å²) in [6.45, 7) is 0.0270. The van der Waals surface area contributed by atoms with Crippen molar-refractivity contribution in [2.45, 2.75) is 13.1 Å². The third-order valence-electron chi connectivity index (χ3n) is 3.17. The van der Waals surface area contributed by atoms with Gasteiger partial charge in [0.25, 0.3) is 5.56 Å². The van der Waals surface area contributed by atoms with Crippen LogP contribution in [0.5, 0.6) is 11.5 Å². The highest BCUT2D eigenvalue weighted by molar-refractivity contribution is 5.75. The van der Waals surface area contributed by atoms with E-state index in [1.807, 2.05) is 0 Å². The molecule has 23 heavy (non-hydrogen) atoms. The van der Waals surface area contributed by atoms with E-state index in [1.165, 1.54) is 19.4 Å². The summed E-state index contributed by atoms with van der Waals surface area (Å²) in [5, 5.41) is 2.69. The molecule has 0 aliphatic rings. The van der Waals surface area contributed by atoms with Crippen molar-refractivity contribution in [2.75, 3.05) is 14.2 Å². The topological polar surface area (TPSA) is 102 Å². The molecule has 0 saturated carbocycles. The maximum absolute atomic E-state index is 11.9. The lowest BCUT2D eigenvalue weighted by molar-refractivity contribution is -0.121. The Morgan fingerprint density at radius 1 is 1.22 bits per heavy atom. The molecule has 0 bridgehead atoms. The van der Waals surface area contributed by atoms with Gasteiger partial charge in [-0.25, -0.2) is 4.79 Å². The second-order valence-corrected chi connectivity index (χ2v) is 4.69. The minimum atomic E-state index is -0.633. The van der Waals surface area contributed by atoms with E-state index in [-0.39, 0.29) is 19.0 Å². The summed E-state index contributed by atoms with van der Waals surface area (Å²) in [5.74, 6) is 0.892. The Morgan fingerprint density at radius 3 is 2.65 bits per heavy atom. The van der Waals surface area contributed by atoms with Gasteiger partial charge < -0.3 is 14.8 Å². The molecular formula is C15H17N3O5. The Balaban J connectivity index is 2.04. The highest BCUT2D eigenvalue weighted by Crippen LogP contribution is 2.23. The van der Waals surface area contributed by atoms with Crippen LogP contribution in [0.25, 0.3) is 0 Å². The maximum atomic E-state index is 11.9. The molecule has 2 aromatic rings. The molecular weight excluding hydrogens is 302 g/mol. The first-order valence-electron chi connectivity index (χ1n) is 6.81. The number of aromatic nitrogens is 2. The molecule has 0 saturated heterocycles. The SMILES string of the molecule is COc1ccc(OC)c(CNC(=O)Cn2ccc(=O)[nH]c2=O)c1. The third kappa shape index (κ3) is 4.22. The summed E-state index contributed by atoms with van der Waals surface area (Å²) >= 11 is 0. The number of rotatable bonds is 6. The highest BCUT2D eigenvalue weighted by atomic mass is 16.5. The first kappa shape index (κ1) is 16.3. The van der Waals surface area contributed by atoms with Crippen molar-refractivity contribution in [2.24, 2.45) is 0 Å². The van der Waals surface area contributed by atoms with Crippen LogP contribution in [0, 0.1) is 0 Å². The van der Waals surface area contributed by atoms with Crippen LogP contribution in [0.4, 0.5) is 0 Å². The fraction of sp³-hybridized carbons (Fsp3) is 0.267. The molecule has 8 heteroatoms. The lowest BCUT2D eigenvalue weighted by atomic mass is 10.2. The van der Waals surface area contributed by atoms with E-state index in [1.54, 1.807) is 25.3 Å². The predicted molar refractivity (Wildman–Crippen MR) is 82.7 cm³/mol. The number of amides is 1. The van der Waals surface area contributed by atoms with Gasteiger partial charge in [-0.1, -0.05) is 0 Å². The van der Waals surface area contributed by atoms with Gasteiger partial charge in [0.1, 0.15) is 18.0 Å². The van der Waals surface area contributed by atoms with Crippen LogP contribution >= 0.6 is 0 Å². The predicted octanol–water partition coefficient (Wildman–Crippen LogP) is -0.130. The number of methoxy groups -OCH3 is 2. The van der Waals surface area contributed by atoms with E-state index in [2.05, 4.69) is 10.3 Å². The highest BCUT2D eigenvalue weighted by Gasteiger charge is 2.08. The molecule has 0 unspecified atom stereocenters. The smallest absolute Gasteiger partial charge is 0.328 e. The van der Waals surface area contributed by atoms with Gasteiger partial charge >= 0.3 is 5.69 Å². The Hall–Kier alpha value is -3.03. The number of hydrogen-bond donors (Lipinski definition) is 2. The number of nitrogens with one attached hydrogen (secondary N) is 2. The van der Waals surface area contributed by atoms with Gasteiger partial charge in [-0.3, -0.25) is 19.1 Å². The van der Waals surface area contributed by atoms with Crippen LogP contribution in [0.1, 0.15) is 5.56 Å². The van der Waals surface area contributed by atoms with Crippen molar-refractivity contribution in [1.82, 2.24) is 14.9 Å². The van der Waals surface area contributed by atoms with Crippen LogP contribution in [0.2, 0.25) is 0 Å². The summed E-state index contributed by atoms with van der Waals surface area (Å²) in [6, 6.07) is 6.43. The first-order valence-corrected chi connectivity index (χ1v) is 6.81. The van der Waals surface area contributed by atoms with Crippen LogP contribution < -0.4 is 26.0 Å². The number of carbonyl (C=O) groups excluding carboxylic acids is 1. The van der Waals surface area contributed by atoms with Gasteiger partial charge in [0.2, 0.25) is 5.91 Å². The second-order valence-electron chi connectivity index (χ2n) is 4.69. The number of H-pyrrole nitrogens is 1. The number of carbonyl (C=O) groups is 1. The molecule has 0 fully saturated rings. The Kier molecular flexibility index (Phi) is 5.19. The number of benzene rings is 1. The summed E-state index contributed by atoms with van der Waals surface area (Å²) in [7, 11) is 3.08. The van der Waals surface area contributed by atoms with E-state index in [4.69, 9.17) is 9.47 Å². The van der Waals surface area contributed by atoms with E-state index in [9.17, 15) is 14.4 Å². The number of aromatic amines is 1. The summed E-state index contributed by atoms with van der Waals surface area (Å²) < 4.78 is 11.5. The van der Waals surface area contributed by atoms with E-state index in [0.29, 0.717) is 11.5 Å². The summed E-state index contributed by atoms with van der Waals surface area (Å²) in [5.41, 5.74) is -0.395. The van der Waals surface area contributed by atoms with E-state index >= 15 is 0 Å². The van der Waals surface area contributed by atoms with Crippen LogP contribution in [-0.4, -0.2) is 29.7 Å². The van der Waals surface area contributed by atoms with Crippen LogP contribution in [-0.2, 0) is 17.9 Å². The average Bonchev–Trinajstić information content (AvgIpc) is 2.55. The van der Waals surface area contributed by atoms with Gasteiger partial charge in [-0.2, -0.15) is 0 Å². The molecule has 1 heterocycles. The minimum absolute atomic E-state index is 0.193. The third-order valence-corrected chi connectivity index (χ3v) is 3.17. The molecule has 8 nitrogen and oxygen atoms in total. The van der Waals surface area contributed by atoms with Gasteiger partial charge in [0, 0.05) is 24.4 Å². The van der Waals surface area contributed by atoms with Gasteiger partial charge in [0.05, 0.1) is 14.2 Å². The fourth-order valence-electron chi connectivity index (χ4n) is 1.99. The largest absolute Gasteiger partial charge is 0.497 e. The zero-order valence-corrected chi connectivity index (χ0v) is 12.8. The standard InChI is InChI=1S/C15H17N3O5/c1-22-11-3-4-12(23-2)10(7-11)8-16-14(20)9-18-6-5-13(19)17-15(18)21/h3-7H,8-9H2,1-2H3,(H,16,20)(H,17,19,21). The molecule has 0 radical (unpaired) electrons. The molecule has 2 N–H and O–H groups in total. The van der Waals surface area contributed by atoms with Crippen molar-refractivity contribution < 1.29 is 14.3 Å². The lowest BCUT2D eigenvalue weighted by Crippen LogP contribution is -2.35. The maximum Gasteiger partial charge on any atom is 0.328 e. The first-order chi connectivity index (χ1) is 11.0. The number of nitrogens with zero attached hydrogens (tertiary/aromatic N) is 1. The molecule has 1 aromatic carbocycles. The lowest BCUT2D eigenvalue weighted by Gasteiger charge is -2.12. The fourth-order valence-corrected chi connectivity index (χ4v) is 1.99. The van der Waals surface area contributed by atoms with Crippen molar-refractivity contribution in [3.8, 4) is 11.5 Å². The summed E-state index contributed by atoms with van der Waals surface area (Å²) in [6.07, 6.45) is 1.27. The van der Waals surface area contributed by atoms with Crippen LogP contribution in [0.15, 0.2) is 40.1 Å². The normalized spacial score (nSPS) is 10.2. The van der Waals surface area contributed by atoms with Crippen LogP contribution in [0.3, 0.4) is 0 Å². The second kappa shape index (κ2) is 7.30. The van der Waals surface area contributed by atoms with Crippen molar-refractivity contribution in [1.29, 1.82) is 0 Å². The van der Waals surface area contributed by atoms with Gasteiger partial charge in [-0.15, -0.1) is 0 Å². The molecule has 0 aliphatic heterocycles. The van der Waals surface area contributed by atoms with Gasteiger partial charge in [-0.05, 0) is 18.2 Å². The molecule has 0 atom stereocenters. The monoisotopic (exact) mass is 319 g/mol. The zero-order chi connectivity index (χ0) is 16.8. The Morgan fingerprint density at radius 2 is 2.00 bits per heavy atom. The van der Waals surface area contributed by atoms with Gasteiger partial charge in [0.15, 0.2) is 0 Å². The zero-order valence-electron chi connectivity index (χ0n) is 12.8. The number of ether oxygens (including phenoxy) is 2. The average molecular weight is 319 g/mol. The van der Waals surface area contributed by atoms with Crippen molar-refractivity contribution >= 4 is 5.91 Å². The molecule has 1 aromatic heterocycles. The quantitative estimate of drug-likeness (QED) is 0.772. The summed E-state index contributed by atoms with van der Waals surface area (Å²) in [4.78, 5) is 36.5. The number of hydrogen-bond acceptors (Lipinski definition) is 5. The molecule has 2 rings (SSSR count). The van der Waals surface area contributed by atoms with E-state index in [0.717, 1.165) is 10.1 Å². The molecule has 0 aliphatic carbocycles. The van der Waals surface area contributed by atoms with Crippen molar-refractivity contribution in [3.05, 3.63) is 56.9 Å².